The molecule has 1 aliphatic heterocycles. The van der Waals surface area contributed by atoms with Crippen LogP contribution in [0.1, 0.15) is 5.56 Å². The summed E-state index contributed by atoms with van der Waals surface area (Å²) in [5.74, 6) is 0.908. The fraction of sp³-hybridized carbons (Fsp3) is 0.200. The molecule has 1 aromatic heterocycles. The van der Waals surface area contributed by atoms with Crippen LogP contribution in [-0.4, -0.2) is 25.7 Å². The fourth-order valence-electron chi connectivity index (χ4n) is 4.56. The Morgan fingerprint density at radius 3 is 2.30 bits per heavy atom. The number of halogens is 1. The minimum atomic E-state index is -0.360. The van der Waals surface area contributed by atoms with Gasteiger partial charge in [0.2, 0.25) is 0 Å². The summed E-state index contributed by atoms with van der Waals surface area (Å²) in [5.41, 5.74) is 2.33. The number of pyridine rings is 1. The monoisotopic (exact) mass is 462 g/mol. The van der Waals surface area contributed by atoms with Crippen LogP contribution in [-0.2, 0) is 22.5 Å². The van der Waals surface area contributed by atoms with Gasteiger partial charge in [0.15, 0.2) is 6.04 Å². The lowest BCUT2D eigenvalue weighted by atomic mass is 10.0. The lowest BCUT2D eigenvalue weighted by Gasteiger charge is -2.22. The van der Waals surface area contributed by atoms with Crippen molar-refractivity contribution >= 4 is 33.5 Å². The number of methoxy groups -OCH3 is 1. The third-order valence-electron chi connectivity index (χ3n) is 5.87. The maximum absolute atomic E-state index is 12.8. The van der Waals surface area contributed by atoms with Gasteiger partial charge in [0.1, 0.15) is 18.6 Å². The first-order chi connectivity index (χ1) is 14.3. The molecule has 2 heterocycles. The molecule has 0 bridgehead atoms. The van der Waals surface area contributed by atoms with Crippen LogP contribution in [0.2, 0.25) is 0 Å². The Morgan fingerprint density at radius 2 is 1.57 bits per heavy atom. The van der Waals surface area contributed by atoms with Gasteiger partial charge in [-0.1, -0.05) is 66.7 Å². The van der Waals surface area contributed by atoms with E-state index in [0.29, 0.717) is 6.42 Å². The van der Waals surface area contributed by atoms with E-state index in [9.17, 15) is 4.79 Å². The van der Waals surface area contributed by atoms with Crippen LogP contribution >= 0.6 is 0 Å². The van der Waals surface area contributed by atoms with Crippen molar-refractivity contribution in [3.63, 3.8) is 0 Å². The van der Waals surface area contributed by atoms with Crippen LogP contribution < -0.4 is 26.4 Å². The number of hydrogen-bond donors (Lipinski definition) is 0. The number of carbonyl (C=O) groups is 1. The van der Waals surface area contributed by atoms with E-state index in [2.05, 4.69) is 70.1 Å². The highest BCUT2D eigenvalue weighted by molar-refractivity contribution is 6.08. The summed E-state index contributed by atoms with van der Waals surface area (Å²) in [5, 5.41) is 3.63. The summed E-state index contributed by atoms with van der Waals surface area (Å²) in [4.78, 5) is 15.1. The number of nitrogens with zero attached hydrogens (tertiary/aromatic N) is 2. The first kappa shape index (κ1) is 20.4. The van der Waals surface area contributed by atoms with Crippen LogP contribution in [0.4, 0.5) is 5.82 Å². The SMILES string of the molecule is COC(=O)C(Cc1ccccc1)N1CC[n+]2c1c1ccccc1c1ccccc12.[Br-]. The zero-order valence-corrected chi connectivity index (χ0v) is 18.4. The van der Waals surface area contributed by atoms with E-state index in [1.807, 2.05) is 18.2 Å². The molecular formula is C25H23BrN2O2. The van der Waals surface area contributed by atoms with Gasteiger partial charge in [-0.2, -0.15) is 0 Å². The van der Waals surface area contributed by atoms with E-state index in [0.717, 1.165) is 24.5 Å². The second-order valence-electron chi connectivity index (χ2n) is 7.46. The first-order valence-electron chi connectivity index (χ1n) is 9.99. The molecular weight excluding hydrogens is 440 g/mol. The normalized spacial score (nSPS) is 13.7. The van der Waals surface area contributed by atoms with E-state index in [1.165, 1.54) is 28.8 Å². The van der Waals surface area contributed by atoms with Crippen molar-refractivity contribution < 1.29 is 31.1 Å². The molecule has 4 nitrogen and oxygen atoms in total. The van der Waals surface area contributed by atoms with Gasteiger partial charge in [-0.15, -0.1) is 0 Å². The molecule has 0 N–H and O–H groups in total. The molecule has 0 fully saturated rings. The summed E-state index contributed by atoms with van der Waals surface area (Å²) < 4.78 is 7.57. The van der Waals surface area contributed by atoms with Crippen molar-refractivity contribution in [2.24, 2.45) is 0 Å². The first-order valence-corrected chi connectivity index (χ1v) is 9.99. The zero-order chi connectivity index (χ0) is 19.8. The van der Waals surface area contributed by atoms with Crippen LogP contribution in [0.5, 0.6) is 0 Å². The van der Waals surface area contributed by atoms with Crippen LogP contribution in [0, 0.1) is 0 Å². The minimum Gasteiger partial charge on any atom is -1.00 e. The number of esters is 1. The van der Waals surface area contributed by atoms with Crippen molar-refractivity contribution in [1.82, 2.24) is 0 Å². The molecule has 4 aromatic rings. The number of fused-ring (bicyclic) bond motifs is 6. The van der Waals surface area contributed by atoms with E-state index in [4.69, 9.17) is 4.74 Å². The molecule has 0 aliphatic carbocycles. The Hall–Kier alpha value is -2.92. The van der Waals surface area contributed by atoms with E-state index < -0.39 is 0 Å². The molecule has 0 radical (unpaired) electrons. The highest BCUT2D eigenvalue weighted by Crippen LogP contribution is 2.33. The van der Waals surface area contributed by atoms with Gasteiger partial charge in [-0.05, 0) is 17.7 Å². The average Bonchev–Trinajstić information content (AvgIpc) is 3.23. The number of ether oxygens (including phenoxy) is 1. The molecule has 1 aliphatic rings. The number of anilines is 1. The van der Waals surface area contributed by atoms with E-state index in [-0.39, 0.29) is 29.0 Å². The molecule has 0 spiro atoms. The largest absolute Gasteiger partial charge is 1.00 e. The molecule has 30 heavy (non-hydrogen) atoms. The van der Waals surface area contributed by atoms with Crippen molar-refractivity contribution in [2.45, 2.75) is 19.0 Å². The quantitative estimate of drug-likeness (QED) is 0.256. The molecule has 0 saturated heterocycles. The number of para-hydroxylation sites is 1. The van der Waals surface area contributed by atoms with E-state index >= 15 is 0 Å². The molecule has 3 aromatic carbocycles. The van der Waals surface area contributed by atoms with Crippen LogP contribution in [0.25, 0.3) is 21.7 Å². The van der Waals surface area contributed by atoms with Crippen molar-refractivity contribution in [2.75, 3.05) is 18.6 Å². The van der Waals surface area contributed by atoms with Crippen LogP contribution in [0.15, 0.2) is 78.9 Å². The number of carbonyl (C=O) groups excluding carboxylic acids is 1. The number of rotatable bonds is 4. The summed E-state index contributed by atoms with van der Waals surface area (Å²) in [6, 6.07) is 26.8. The Morgan fingerprint density at radius 1 is 0.933 bits per heavy atom. The highest BCUT2D eigenvalue weighted by atomic mass is 79.9. The lowest BCUT2D eigenvalue weighted by Crippen LogP contribution is -3.00. The third-order valence-corrected chi connectivity index (χ3v) is 5.87. The van der Waals surface area contributed by atoms with Gasteiger partial charge in [-0.3, -0.25) is 0 Å². The van der Waals surface area contributed by atoms with Gasteiger partial charge < -0.3 is 21.7 Å². The number of hydrogen-bond acceptors (Lipinski definition) is 3. The Kier molecular flexibility index (Phi) is 5.73. The predicted octanol–water partition coefficient (Wildman–Crippen LogP) is 0.889. The van der Waals surface area contributed by atoms with Crippen LogP contribution in [0.3, 0.4) is 0 Å². The Labute approximate surface area is 186 Å². The summed E-state index contributed by atoms with van der Waals surface area (Å²) >= 11 is 0. The molecule has 152 valence electrons. The van der Waals surface area contributed by atoms with Gasteiger partial charge in [0, 0.05) is 17.2 Å². The molecule has 1 atom stereocenters. The molecule has 0 amide bonds. The topological polar surface area (TPSA) is 33.4 Å². The standard InChI is InChI=1S/C25H23N2O2.BrH/c1-29-25(28)23(17-18-9-3-2-4-10-18)27-16-15-26-22-14-8-7-12-20(22)19-11-5-6-13-21(19)24(26)27;/h2-14,23H,15-17H2,1H3;1H/q+1;/p-1. The highest BCUT2D eigenvalue weighted by Gasteiger charge is 2.41. The summed E-state index contributed by atoms with van der Waals surface area (Å²) in [6.07, 6.45) is 0.620. The Bertz CT molecular complexity index is 1210. The molecule has 5 rings (SSSR count). The summed E-state index contributed by atoms with van der Waals surface area (Å²) in [6.45, 7) is 1.63. The molecule has 1 unspecified atom stereocenters. The zero-order valence-electron chi connectivity index (χ0n) is 16.8. The maximum atomic E-state index is 12.8. The minimum absolute atomic E-state index is 0. The lowest BCUT2D eigenvalue weighted by molar-refractivity contribution is -0.643. The molecule has 5 heteroatoms. The second kappa shape index (κ2) is 8.44. The van der Waals surface area contributed by atoms with Gasteiger partial charge in [0.25, 0.3) is 5.82 Å². The second-order valence-corrected chi connectivity index (χ2v) is 7.46. The van der Waals surface area contributed by atoms with Gasteiger partial charge in [-0.25, -0.2) is 14.3 Å². The molecule has 0 saturated carbocycles. The summed E-state index contributed by atoms with van der Waals surface area (Å²) in [7, 11) is 1.48. The third kappa shape index (κ3) is 3.33. The predicted molar refractivity (Wildman–Crippen MR) is 115 cm³/mol. The average molecular weight is 463 g/mol. The Balaban J connectivity index is 0.00000218. The van der Waals surface area contributed by atoms with Gasteiger partial charge >= 0.3 is 5.97 Å². The smallest absolute Gasteiger partial charge is 0.351 e. The van der Waals surface area contributed by atoms with Crippen molar-refractivity contribution in [1.29, 1.82) is 0 Å². The number of benzene rings is 3. The fourth-order valence-corrected chi connectivity index (χ4v) is 4.56. The van der Waals surface area contributed by atoms with Crippen molar-refractivity contribution in [3.05, 3.63) is 84.4 Å². The maximum Gasteiger partial charge on any atom is 0.351 e. The van der Waals surface area contributed by atoms with Gasteiger partial charge in [0.05, 0.1) is 12.5 Å². The number of aromatic nitrogens is 1. The van der Waals surface area contributed by atoms with E-state index in [1.54, 1.807) is 0 Å². The van der Waals surface area contributed by atoms with Crippen molar-refractivity contribution in [3.8, 4) is 0 Å².